The van der Waals surface area contributed by atoms with Crippen molar-refractivity contribution in [2.24, 2.45) is 0 Å². The van der Waals surface area contributed by atoms with E-state index in [2.05, 4.69) is 11.2 Å². The molecule has 0 N–H and O–H groups in total. The van der Waals surface area contributed by atoms with Crippen molar-refractivity contribution in [3.63, 3.8) is 0 Å². The fourth-order valence-corrected chi connectivity index (χ4v) is 2.37. The van der Waals surface area contributed by atoms with Gasteiger partial charge in [0.2, 0.25) is 0 Å². The van der Waals surface area contributed by atoms with Crippen LogP contribution in [0.5, 0.6) is 11.5 Å². The minimum Gasteiger partial charge on any atom is -0.486 e. The van der Waals surface area contributed by atoms with Crippen molar-refractivity contribution < 1.29 is 9.47 Å². The summed E-state index contributed by atoms with van der Waals surface area (Å²) in [5, 5.41) is 4.35. The van der Waals surface area contributed by atoms with E-state index < -0.39 is 0 Å². The van der Waals surface area contributed by atoms with E-state index >= 15 is 0 Å². The molecule has 0 aliphatic carbocycles. The SMILES string of the molecule is c1ccn2ncc(-c3ccc4c(c3)OCCO4)c2c1. The van der Waals surface area contributed by atoms with Gasteiger partial charge in [-0.3, -0.25) is 0 Å². The van der Waals surface area contributed by atoms with E-state index in [4.69, 9.17) is 9.47 Å². The molecule has 1 aliphatic rings. The van der Waals surface area contributed by atoms with Crippen LogP contribution >= 0.6 is 0 Å². The average Bonchev–Trinajstić information content (AvgIpc) is 2.91. The van der Waals surface area contributed by atoms with Crippen LogP contribution in [0.4, 0.5) is 0 Å². The summed E-state index contributed by atoms with van der Waals surface area (Å²) in [5.74, 6) is 1.62. The average molecular weight is 252 g/mol. The Bertz CT molecular complexity index is 749. The standard InChI is InChI=1S/C15H12N2O2/c1-2-6-17-13(3-1)12(10-16-17)11-4-5-14-15(9-11)19-8-7-18-14/h1-6,9-10H,7-8H2. The number of benzene rings is 1. The normalized spacial score (nSPS) is 13.7. The first-order valence-corrected chi connectivity index (χ1v) is 6.24. The van der Waals surface area contributed by atoms with Crippen LogP contribution < -0.4 is 9.47 Å². The molecule has 19 heavy (non-hydrogen) atoms. The predicted molar refractivity (Wildman–Crippen MR) is 71.6 cm³/mol. The van der Waals surface area contributed by atoms with Gasteiger partial charge in [-0.2, -0.15) is 5.10 Å². The summed E-state index contributed by atoms with van der Waals surface area (Å²) in [7, 11) is 0. The van der Waals surface area contributed by atoms with Crippen LogP contribution in [0.3, 0.4) is 0 Å². The molecule has 0 amide bonds. The molecular formula is C15H12N2O2. The number of pyridine rings is 1. The fraction of sp³-hybridized carbons (Fsp3) is 0.133. The van der Waals surface area contributed by atoms with Crippen LogP contribution in [-0.4, -0.2) is 22.8 Å². The van der Waals surface area contributed by atoms with Crippen LogP contribution in [0.15, 0.2) is 48.8 Å². The Kier molecular flexibility index (Phi) is 2.21. The van der Waals surface area contributed by atoms with E-state index in [0.29, 0.717) is 13.2 Å². The number of fused-ring (bicyclic) bond motifs is 2. The highest BCUT2D eigenvalue weighted by atomic mass is 16.6. The van der Waals surface area contributed by atoms with E-state index in [-0.39, 0.29) is 0 Å². The second-order valence-electron chi connectivity index (χ2n) is 4.45. The first-order valence-electron chi connectivity index (χ1n) is 6.24. The molecule has 0 saturated carbocycles. The molecule has 3 aromatic rings. The maximum absolute atomic E-state index is 5.62. The van der Waals surface area contributed by atoms with E-state index in [0.717, 1.165) is 28.1 Å². The minimum absolute atomic E-state index is 0.602. The zero-order valence-corrected chi connectivity index (χ0v) is 10.2. The van der Waals surface area contributed by atoms with Crippen molar-refractivity contribution in [1.29, 1.82) is 0 Å². The highest BCUT2D eigenvalue weighted by Crippen LogP contribution is 2.35. The molecule has 0 atom stereocenters. The Morgan fingerprint density at radius 3 is 2.84 bits per heavy atom. The zero-order valence-electron chi connectivity index (χ0n) is 10.2. The number of nitrogens with zero attached hydrogens (tertiary/aromatic N) is 2. The molecule has 0 saturated heterocycles. The topological polar surface area (TPSA) is 35.8 Å². The number of rotatable bonds is 1. The van der Waals surface area contributed by atoms with Crippen LogP contribution in [0.2, 0.25) is 0 Å². The molecule has 0 spiro atoms. The lowest BCUT2D eigenvalue weighted by molar-refractivity contribution is 0.171. The first-order chi connectivity index (χ1) is 9.42. The van der Waals surface area contributed by atoms with Gasteiger partial charge in [-0.15, -0.1) is 0 Å². The molecule has 94 valence electrons. The molecule has 4 nitrogen and oxygen atoms in total. The summed E-state index contributed by atoms with van der Waals surface area (Å²) in [6.45, 7) is 1.22. The second-order valence-corrected chi connectivity index (χ2v) is 4.45. The summed E-state index contributed by atoms with van der Waals surface area (Å²) < 4.78 is 13.0. The van der Waals surface area contributed by atoms with Gasteiger partial charge in [0, 0.05) is 11.8 Å². The highest BCUT2D eigenvalue weighted by Gasteiger charge is 2.14. The van der Waals surface area contributed by atoms with Gasteiger partial charge in [-0.25, -0.2) is 4.52 Å². The molecule has 1 aromatic carbocycles. The van der Waals surface area contributed by atoms with Crippen molar-refractivity contribution in [3.8, 4) is 22.6 Å². The minimum atomic E-state index is 0.602. The van der Waals surface area contributed by atoms with Crippen LogP contribution in [0.25, 0.3) is 16.6 Å². The van der Waals surface area contributed by atoms with E-state index in [9.17, 15) is 0 Å². The molecule has 0 unspecified atom stereocenters. The number of ether oxygens (including phenoxy) is 2. The van der Waals surface area contributed by atoms with Crippen LogP contribution in [0.1, 0.15) is 0 Å². The first kappa shape index (κ1) is 10.4. The molecule has 4 heteroatoms. The lowest BCUT2D eigenvalue weighted by Crippen LogP contribution is -2.15. The summed E-state index contributed by atoms with van der Waals surface area (Å²) in [6, 6.07) is 12.0. The maximum atomic E-state index is 5.62. The molecule has 2 aromatic heterocycles. The summed E-state index contributed by atoms with van der Waals surface area (Å²) in [5.41, 5.74) is 3.27. The lowest BCUT2D eigenvalue weighted by atomic mass is 10.1. The summed E-state index contributed by atoms with van der Waals surface area (Å²) in [6.07, 6.45) is 3.82. The fourth-order valence-electron chi connectivity index (χ4n) is 2.37. The largest absolute Gasteiger partial charge is 0.486 e. The highest BCUT2D eigenvalue weighted by molar-refractivity contribution is 5.81. The monoisotopic (exact) mass is 252 g/mol. The van der Waals surface area contributed by atoms with Crippen LogP contribution in [0, 0.1) is 0 Å². The Morgan fingerprint density at radius 2 is 1.89 bits per heavy atom. The maximum Gasteiger partial charge on any atom is 0.161 e. The Hall–Kier alpha value is -2.49. The molecule has 0 radical (unpaired) electrons. The van der Waals surface area contributed by atoms with Gasteiger partial charge in [0.05, 0.1) is 11.7 Å². The Morgan fingerprint density at radius 1 is 1.00 bits per heavy atom. The third-order valence-corrected chi connectivity index (χ3v) is 3.28. The van der Waals surface area contributed by atoms with Gasteiger partial charge >= 0.3 is 0 Å². The van der Waals surface area contributed by atoms with Gasteiger partial charge < -0.3 is 9.47 Å². The summed E-state index contributed by atoms with van der Waals surface area (Å²) in [4.78, 5) is 0. The van der Waals surface area contributed by atoms with Crippen molar-refractivity contribution in [3.05, 3.63) is 48.8 Å². The third-order valence-electron chi connectivity index (χ3n) is 3.28. The summed E-state index contributed by atoms with van der Waals surface area (Å²) >= 11 is 0. The Labute approximate surface area is 110 Å². The van der Waals surface area contributed by atoms with Crippen molar-refractivity contribution >= 4 is 5.52 Å². The second kappa shape index (κ2) is 4.02. The van der Waals surface area contributed by atoms with Gasteiger partial charge in [0.25, 0.3) is 0 Å². The Balaban J connectivity index is 1.88. The van der Waals surface area contributed by atoms with Gasteiger partial charge in [-0.05, 0) is 29.8 Å². The smallest absolute Gasteiger partial charge is 0.161 e. The molecule has 0 fully saturated rings. The van der Waals surface area contributed by atoms with Gasteiger partial charge in [-0.1, -0.05) is 12.1 Å². The number of hydrogen-bond acceptors (Lipinski definition) is 3. The van der Waals surface area contributed by atoms with Gasteiger partial charge in [0.1, 0.15) is 13.2 Å². The van der Waals surface area contributed by atoms with E-state index in [1.807, 2.05) is 47.2 Å². The number of hydrogen-bond donors (Lipinski definition) is 0. The third kappa shape index (κ3) is 1.64. The van der Waals surface area contributed by atoms with Crippen LogP contribution in [-0.2, 0) is 0 Å². The predicted octanol–water partition coefficient (Wildman–Crippen LogP) is 2.77. The number of aromatic nitrogens is 2. The lowest BCUT2D eigenvalue weighted by Gasteiger charge is -2.18. The van der Waals surface area contributed by atoms with Gasteiger partial charge in [0.15, 0.2) is 11.5 Å². The van der Waals surface area contributed by atoms with E-state index in [1.165, 1.54) is 0 Å². The molecule has 1 aliphatic heterocycles. The van der Waals surface area contributed by atoms with E-state index in [1.54, 1.807) is 0 Å². The quantitative estimate of drug-likeness (QED) is 0.668. The zero-order chi connectivity index (χ0) is 12.7. The van der Waals surface area contributed by atoms with Crippen molar-refractivity contribution in [2.75, 3.05) is 13.2 Å². The molecule has 3 heterocycles. The molecule has 4 rings (SSSR count). The van der Waals surface area contributed by atoms with Crippen molar-refractivity contribution in [2.45, 2.75) is 0 Å². The van der Waals surface area contributed by atoms with Crippen molar-refractivity contribution in [1.82, 2.24) is 9.61 Å². The molecule has 0 bridgehead atoms. The molecular weight excluding hydrogens is 240 g/mol.